The van der Waals surface area contributed by atoms with Crippen LogP contribution >= 0.6 is 11.6 Å². The van der Waals surface area contributed by atoms with Crippen LogP contribution in [0.3, 0.4) is 0 Å². The second-order valence-corrected chi connectivity index (χ2v) is 4.39. The number of hydrogen-bond acceptors (Lipinski definition) is 4. The Morgan fingerprint density at radius 1 is 1.17 bits per heavy atom. The smallest absolute Gasteiger partial charge is 0.258 e. The van der Waals surface area contributed by atoms with E-state index in [4.69, 9.17) is 11.6 Å². The minimum atomic E-state index is -6.50. The standard InChI is InChI=1S/C10H5ClF7N3O2/c11-6-2-1-5(3-7(6)21(22)23)4-19-20-10(17,18)8(12,13)9(14,15)16/h1-4,20H/b19-4+. The molecule has 0 atom stereocenters. The van der Waals surface area contributed by atoms with E-state index in [2.05, 4.69) is 5.10 Å². The van der Waals surface area contributed by atoms with Gasteiger partial charge in [-0.2, -0.15) is 35.8 Å². The first-order chi connectivity index (χ1) is 10.3. The zero-order valence-electron chi connectivity index (χ0n) is 10.5. The number of nitrogens with one attached hydrogen (secondary N) is 1. The fraction of sp³-hybridized carbons (Fsp3) is 0.300. The van der Waals surface area contributed by atoms with Gasteiger partial charge in [-0.3, -0.25) is 10.1 Å². The average molecular weight is 368 g/mol. The van der Waals surface area contributed by atoms with Crippen molar-refractivity contribution in [2.45, 2.75) is 18.1 Å². The summed E-state index contributed by atoms with van der Waals surface area (Å²) in [6.45, 7) is 0. The van der Waals surface area contributed by atoms with Gasteiger partial charge in [0.2, 0.25) is 0 Å². The van der Waals surface area contributed by atoms with Crippen molar-refractivity contribution in [3.05, 3.63) is 38.9 Å². The molecule has 13 heteroatoms. The molecule has 0 aliphatic rings. The lowest BCUT2D eigenvalue weighted by atomic mass is 10.2. The van der Waals surface area contributed by atoms with E-state index in [0.717, 1.165) is 18.2 Å². The number of nitro groups is 1. The summed E-state index contributed by atoms with van der Waals surface area (Å²) < 4.78 is 86.3. The summed E-state index contributed by atoms with van der Waals surface area (Å²) in [6.07, 6.45) is -6.11. The third-order valence-corrected chi connectivity index (χ3v) is 2.66. The number of rotatable bonds is 5. The first-order valence-electron chi connectivity index (χ1n) is 5.36. The maximum atomic E-state index is 12.8. The van der Waals surface area contributed by atoms with E-state index in [0.29, 0.717) is 11.6 Å². The number of hydrogen-bond donors (Lipinski definition) is 1. The summed E-state index contributed by atoms with van der Waals surface area (Å²) in [4.78, 5) is 9.65. The molecule has 0 aliphatic carbocycles. The van der Waals surface area contributed by atoms with Crippen LogP contribution in [0.25, 0.3) is 0 Å². The molecule has 0 unspecified atom stereocenters. The van der Waals surface area contributed by atoms with Crippen molar-refractivity contribution in [3.8, 4) is 0 Å². The van der Waals surface area contributed by atoms with Crippen LogP contribution in [0, 0.1) is 10.1 Å². The lowest BCUT2D eigenvalue weighted by Crippen LogP contribution is -2.58. The molecule has 0 fully saturated rings. The summed E-state index contributed by atoms with van der Waals surface area (Å²) >= 11 is 5.46. The van der Waals surface area contributed by atoms with Crippen molar-refractivity contribution in [3.63, 3.8) is 0 Å². The third-order valence-electron chi connectivity index (χ3n) is 2.34. The first-order valence-corrected chi connectivity index (χ1v) is 5.74. The highest BCUT2D eigenvalue weighted by Gasteiger charge is 2.73. The molecule has 128 valence electrons. The molecule has 0 aliphatic heterocycles. The highest BCUT2D eigenvalue weighted by Crippen LogP contribution is 2.44. The topological polar surface area (TPSA) is 67.5 Å². The van der Waals surface area contributed by atoms with E-state index in [9.17, 15) is 40.8 Å². The number of hydrazone groups is 1. The Labute approximate surface area is 127 Å². The number of halogens is 8. The van der Waals surface area contributed by atoms with Gasteiger partial charge in [-0.25, -0.2) is 5.43 Å². The maximum absolute atomic E-state index is 12.8. The summed E-state index contributed by atoms with van der Waals surface area (Å²) in [7, 11) is 0. The quantitative estimate of drug-likeness (QED) is 0.281. The van der Waals surface area contributed by atoms with Crippen LogP contribution in [0.1, 0.15) is 5.56 Å². The monoisotopic (exact) mass is 367 g/mol. The Morgan fingerprint density at radius 2 is 1.74 bits per heavy atom. The van der Waals surface area contributed by atoms with E-state index in [1.54, 1.807) is 0 Å². The van der Waals surface area contributed by atoms with Crippen molar-refractivity contribution in [1.29, 1.82) is 0 Å². The number of alkyl halides is 7. The molecule has 0 saturated carbocycles. The maximum Gasteiger partial charge on any atom is 0.462 e. The molecule has 0 radical (unpaired) electrons. The lowest BCUT2D eigenvalue weighted by Gasteiger charge is -2.27. The minimum absolute atomic E-state index is 0.236. The molecule has 0 aromatic heterocycles. The highest BCUT2D eigenvalue weighted by atomic mass is 35.5. The molecule has 1 aromatic carbocycles. The second-order valence-electron chi connectivity index (χ2n) is 3.98. The molecule has 0 heterocycles. The largest absolute Gasteiger partial charge is 0.462 e. The molecular weight excluding hydrogens is 363 g/mol. The van der Waals surface area contributed by atoms with Gasteiger partial charge in [0.05, 0.1) is 11.1 Å². The average Bonchev–Trinajstić information content (AvgIpc) is 2.38. The van der Waals surface area contributed by atoms with Gasteiger partial charge in [0.15, 0.2) is 0 Å². The second kappa shape index (κ2) is 6.18. The number of benzene rings is 1. The van der Waals surface area contributed by atoms with Crippen LogP contribution in [-0.2, 0) is 0 Å². The van der Waals surface area contributed by atoms with Gasteiger partial charge in [0.25, 0.3) is 5.69 Å². The van der Waals surface area contributed by atoms with Crippen LogP contribution in [0.2, 0.25) is 5.02 Å². The molecule has 1 N–H and O–H groups in total. The van der Waals surface area contributed by atoms with Crippen molar-refractivity contribution >= 4 is 23.5 Å². The Kier molecular flexibility index (Phi) is 5.09. The Morgan fingerprint density at radius 3 is 2.22 bits per heavy atom. The van der Waals surface area contributed by atoms with E-state index < -0.39 is 28.8 Å². The van der Waals surface area contributed by atoms with E-state index in [-0.39, 0.29) is 10.6 Å². The summed E-state index contributed by atoms with van der Waals surface area (Å²) in [6, 6.07) is -2.93. The minimum Gasteiger partial charge on any atom is -0.258 e. The summed E-state index contributed by atoms with van der Waals surface area (Å²) in [5.41, 5.74) is -0.492. The molecule has 0 spiro atoms. The van der Waals surface area contributed by atoms with Gasteiger partial charge in [-0.05, 0) is 6.07 Å². The van der Waals surface area contributed by atoms with Crippen molar-refractivity contribution < 1.29 is 35.7 Å². The van der Waals surface area contributed by atoms with Gasteiger partial charge in [0.1, 0.15) is 5.02 Å². The van der Waals surface area contributed by atoms with Gasteiger partial charge in [-0.1, -0.05) is 17.7 Å². The van der Waals surface area contributed by atoms with Gasteiger partial charge < -0.3 is 0 Å². The Hall–Kier alpha value is -2.11. The molecule has 0 amide bonds. The predicted molar refractivity (Wildman–Crippen MR) is 64.8 cm³/mol. The van der Waals surface area contributed by atoms with Gasteiger partial charge >= 0.3 is 18.1 Å². The molecule has 5 nitrogen and oxygen atoms in total. The van der Waals surface area contributed by atoms with E-state index in [1.165, 1.54) is 0 Å². The fourth-order valence-corrected chi connectivity index (χ4v) is 1.37. The Bertz CT molecular complexity index is 633. The van der Waals surface area contributed by atoms with Crippen LogP contribution in [-0.4, -0.2) is 29.3 Å². The van der Waals surface area contributed by atoms with E-state index in [1.807, 2.05) is 0 Å². The van der Waals surface area contributed by atoms with Gasteiger partial charge in [0, 0.05) is 11.6 Å². The molecule has 1 aromatic rings. The molecule has 1 rings (SSSR count). The van der Waals surface area contributed by atoms with Crippen molar-refractivity contribution in [1.82, 2.24) is 5.43 Å². The SMILES string of the molecule is O=[N+]([O-])c1cc(/C=N/NC(F)(F)C(F)(F)C(F)(F)F)ccc1Cl. The van der Waals surface area contributed by atoms with Crippen molar-refractivity contribution in [2.75, 3.05) is 0 Å². The zero-order valence-corrected chi connectivity index (χ0v) is 11.3. The van der Waals surface area contributed by atoms with Crippen LogP contribution in [0.15, 0.2) is 23.3 Å². The van der Waals surface area contributed by atoms with E-state index >= 15 is 0 Å². The summed E-state index contributed by atoms with van der Waals surface area (Å²) in [5.74, 6) is -6.37. The predicted octanol–water partition coefficient (Wildman–Crippen LogP) is 3.96. The van der Waals surface area contributed by atoms with Crippen LogP contribution < -0.4 is 5.43 Å². The van der Waals surface area contributed by atoms with Crippen LogP contribution in [0.4, 0.5) is 36.4 Å². The third kappa shape index (κ3) is 4.00. The number of nitro benzene ring substituents is 1. The number of nitrogens with zero attached hydrogens (tertiary/aromatic N) is 2. The van der Waals surface area contributed by atoms with Crippen molar-refractivity contribution in [2.24, 2.45) is 5.10 Å². The summed E-state index contributed by atoms with van der Waals surface area (Å²) in [5, 5.41) is 12.8. The van der Waals surface area contributed by atoms with Gasteiger partial charge in [-0.15, -0.1) is 0 Å². The molecular formula is C10H5ClF7N3O2. The first kappa shape index (κ1) is 18.9. The molecule has 0 bridgehead atoms. The molecule has 0 saturated heterocycles. The normalized spacial score (nSPS) is 13.4. The fourth-order valence-electron chi connectivity index (χ4n) is 1.19. The highest BCUT2D eigenvalue weighted by molar-refractivity contribution is 6.32. The Balaban J connectivity index is 2.95. The zero-order chi connectivity index (χ0) is 18.1. The van der Waals surface area contributed by atoms with Crippen LogP contribution in [0.5, 0.6) is 0 Å². The molecule has 23 heavy (non-hydrogen) atoms. The lowest BCUT2D eigenvalue weighted by molar-refractivity contribution is -0.384.